The van der Waals surface area contributed by atoms with E-state index in [4.69, 9.17) is 0 Å². The Morgan fingerprint density at radius 3 is 2.42 bits per heavy atom. The average Bonchev–Trinajstić information content (AvgIpc) is 2.81. The molecule has 4 rings (SSSR count). The van der Waals surface area contributed by atoms with Crippen LogP contribution in [0.4, 0.5) is 0 Å². The SMILES string of the molecule is CC(O)(CNC1C2C3CCC(C3)C12)c1ccccc1. The molecule has 0 spiro atoms. The van der Waals surface area contributed by atoms with Crippen LogP contribution >= 0.6 is 0 Å². The quantitative estimate of drug-likeness (QED) is 0.868. The zero-order valence-corrected chi connectivity index (χ0v) is 11.5. The van der Waals surface area contributed by atoms with Gasteiger partial charge in [0.2, 0.25) is 0 Å². The molecule has 3 aliphatic carbocycles. The van der Waals surface area contributed by atoms with Crippen LogP contribution in [-0.4, -0.2) is 17.7 Å². The first-order valence-electron chi connectivity index (χ1n) is 7.68. The van der Waals surface area contributed by atoms with Gasteiger partial charge in [0.15, 0.2) is 0 Å². The lowest BCUT2D eigenvalue weighted by atomic mass is 9.96. The maximum atomic E-state index is 10.6. The van der Waals surface area contributed by atoms with Crippen molar-refractivity contribution in [1.29, 1.82) is 0 Å². The Morgan fingerprint density at radius 2 is 1.79 bits per heavy atom. The number of benzene rings is 1. The molecular formula is C17H23NO. The second-order valence-electron chi connectivity index (χ2n) is 7.03. The van der Waals surface area contributed by atoms with Crippen molar-refractivity contribution in [2.24, 2.45) is 23.7 Å². The normalized spacial score (nSPS) is 41.9. The molecule has 5 atom stereocenters. The molecule has 1 aromatic rings. The van der Waals surface area contributed by atoms with Gasteiger partial charge >= 0.3 is 0 Å². The van der Waals surface area contributed by atoms with Gasteiger partial charge in [0, 0.05) is 12.6 Å². The van der Waals surface area contributed by atoms with Crippen molar-refractivity contribution in [3.05, 3.63) is 35.9 Å². The fourth-order valence-corrected chi connectivity index (χ4v) is 4.81. The molecule has 3 aliphatic rings. The summed E-state index contributed by atoms with van der Waals surface area (Å²) in [5.74, 6) is 3.86. The van der Waals surface area contributed by atoms with E-state index in [9.17, 15) is 5.11 Å². The van der Waals surface area contributed by atoms with Crippen molar-refractivity contribution in [2.75, 3.05) is 6.54 Å². The summed E-state index contributed by atoms with van der Waals surface area (Å²) in [5.41, 5.74) is 0.258. The van der Waals surface area contributed by atoms with E-state index in [1.807, 2.05) is 37.3 Å². The fourth-order valence-electron chi connectivity index (χ4n) is 4.81. The van der Waals surface area contributed by atoms with Crippen LogP contribution in [0.5, 0.6) is 0 Å². The number of aliphatic hydroxyl groups is 1. The van der Waals surface area contributed by atoms with Gasteiger partial charge in [0.25, 0.3) is 0 Å². The van der Waals surface area contributed by atoms with Crippen molar-refractivity contribution in [3.63, 3.8) is 0 Å². The third-order valence-corrected chi connectivity index (χ3v) is 5.81. The van der Waals surface area contributed by atoms with E-state index in [2.05, 4.69) is 5.32 Å². The van der Waals surface area contributed by atoms with E-state index in [1.165, 1.54) is 19.3 Å². The molecule has 102 valence electrons. The first kappa shape index (κ1) is 11.9. The minimum atomic E-state index is -0.753. The van der Waals surface area contributed by atoms with Crippen LogP contribution in [0.3, 0.4) is 0 Å². The molecule has 3 saturated carbocycles. The average molecular weight is 257 g/mol. The van der Waals surface area contributed by atoms with Crippen LogP contribution < -0.4 is 5.32 Å². The van der Waals surface area contributed by atoms with Gasteiger partial charge < -0.3 is 10.4 Å². The molecule has 19 heavy (non-hydrogen) atoms. The molecule has 5 unspecified atom stereocenters. The molecule has 0 amide bonds. The van der Waals surface area contributed by atoms with E-state index < -0.39 is 5.60 Å². The Kier molecular flexibility index (Phi) is 2.55. The smallest absolute Gasteiger partial charge is 0.0992 e. The maximum Gasteiger partial charge on any atom is 0.0992 e. The van der Waals surface area contributed by atoms with Crippen molar-refractivity contribution in [3.8, 4) is 0 Å². The van der Waals surface area contributed by atoms with Gasteiger partial charge in [-0.15, -0.1) is 0 Å². The molecule has 2 N–H and O–H groups in total. The summed E-state index contributed by atoms with van der Waals surface area (Å²) in [5, 5.41) is 14.3. The molecule has 2 nitrogen and oxygen atoms in total. The Bertz CT molecular complexity index is 453. The molecule has 0 aromatic heterocycles. The Balaban J connectivity index is 1.39. The second kappa shape index (κ2) is 4.07. The number of hydrogen-bond acceptors (Lipinski definition) is 2. The summed E-state index contributed by atoms with van der Waals surface area (Å²) in [6.45, 7) is 2.59. The topological polar surface area (TPSA) is 32.3 Å². The molecule has 2 bridgehead atoms. The van der Waals surface area contributed by atoms with Gasteiger partial charge in [-0.05, 0) is 55.4 Å². The Morgan fingerprint density at radius 1 is 1.16 bits per heavy atom. The first-order valence-corrected chi connectivity index (χ1v) is 7.68. The van der Waals surface area contributed by atoms with Crippen LogP contribution in [-0.2, 0) is 5.60 Å². The lowest BCUT2D eigenvalue weighted by molar-refractivity contribution is 0.0553. The molecular weight excluding hydrogens is 234 g/mol. The number of fused-ring (bicyclic) bond motifs is 5. The van der Waals surface area contributed by atoms with E-state index >= 15 is 0 Å². The predicted octanol–water partition coefficient (Wildman–Crippen LogP) is 2.53. The van der Waals surface area contributed by atoms with Crippen LogP contribution in [0.2, 0.25) is 0 Å². The van der Waals surface area contributed by atoms with Crippen LogP contribution in [0.25, 0.3) is 0 Å². The van der Waals surface area contributed by atoms with Gasteiger partial charge in [0.1, 0.15) is 0 Å². The van der Waals surface area contributed by atoms with E-state index in [0.717, 1.165) is 29.2 Å². The molecule has 0 radical (unpaired) electrons. The number of nitrogens with one attached hydrogen (secondary N) is 1. The second-order valence-corrected chi connectivity index (χ2v) is 7.03. The highest BCUT2D eigenvalue weighted by Crippen LogP contribution is 2.65. The van der Waals surface area contributed by atoms with Gasteiger partial charge in [-0.2, -0.15) is 0 Å². The van der Waals surface area contributed by atoms with Crippen molar-refractivity contribution in [2.45, 2.75) is 37.8 Å². The lowest BCUT2D eigenvalue weighted by Crippen LogP contribution is -2.38. The maximum absolute atomic E-state index is 10.6. The standard InChI is InChI=1S/C17H23NO/c1-17(19,13-5-3-2-4-6-13)10-18-16-14-11-7-8-12(9-11)15(14)16/h2-6,11-12,14-16,18-19H,7-10H2,1H3. The monoisotopic (exact) mass is 257 g/mol. The molecule has 3 fully saturated rings. The predicted molar refractivity (Wildman–Crippen MR) is 75.6 cm³/mol. The third-order valence-electron chi connectivity index (χ3n) is 5.81. The van der Waals surface area contributed by atoms with Crippen LogP contribution in [0, 0.1) is 23.7 Å². The highest BCUT2D eigenvalue weighted by molar-refractivity contribution is 5.23. The van der Waals surface area contributed by atoms with E-state index in [-0.39, 0.29) is 0 Å². The Hall–Kier alpha value is -0.860. The highest BCUT2D eigenvalue weighted by Gasteiger charge is 2.64. The summed E-state index contributed by atoms with van der Waals surface area (Å²) in [6, 6.07) is 10.7. The summed E-state index contributed by atoms with van der Waals surface area (Å²) < 4.78 is 0. The molecule has 0 aliphatic heterocycles. The first-order chi connectivity index (χ1) is 9.17. The fraction of sp³-hybridized carbons (Fsp3) is 0.647. The summed E-state index contributed by atoms with van der Waals surface area (Å²) in [4.78, 5) is 0. The molecule has 2 heteroatoms. The number of hydrogen-bond donors (Lipinski definition) is 2. The van der Waals surface area contributed by atoms with Crippen LogP contribution in [0.15, 0.2) is 30.3 Å². The number of rotatable bonds is 4. The van der Waals surface area contributed by atoms with E-state index in [0.29, 0.717) is 12.6 Å². The largest absolute Gasteiger partial charge is 0.384 e. The summed E-state index contributed by atoms with van der Waals surface area (Å²) in [6.07, 6.45) is 4.40. The zero-order valence-electron chi connectivity index (χ0n) is 11.5. The van der Waals surface area contributed by atoms with Crippen molar-refractivity contribution >= 4 is 0 Å². The summed E-state index contributed by atoms with van der Waals surface area (Å²) in [7, 11) is 0. The minimum Gasteiger partial charge on any atom is -0.384 e. The highest BCUT2D eigenvalue weighted by atomic mass is 16.3. The minimum absolute atomic E-state index is 0.675. The Labute approximate surface area is 115 Å². The molecule has 0 saturated heterocycles. The zero-order chi connectivity index (χ0) is 13.0. The summed E-state index contributed by atoms with van der Waals surface area (Å²) >= 11 is 0. The third kappa shape index (κ3) is 1.85. The van der Waals surface area contributed by atoms with E-state index in [1.54, 1.807) is 0 Å². The van der Waals surface area contributed by atoms with Gasteiger partial charge in [-0.1, -0.05) is 30.3 Å². The lowest BCUT2D eigenvalue weighted by Gasteiger charge is -2.25. The van der Waals surface area contributed by atoms with Gasteiger partial charge in [-0.3, -0.25) is 0 Å². The van der Waals surface area contributed by atoms with Gasteiger partial charge in [-0.25, -0.2) is 0 Å². The molecule has 1 aromatic carbocycles. The molecule has 0 heterocycles. The van der Waals surface area contributed by atoms with Gasteiger partial charge in [0.05, 0.1) is 5.60 Å². The van der Waals surface area contributed by atoms with Crippen molar-refractivity contribution in [1.82, 2.24) is 5.32 Å². The van der Waals surface area contributed by atoms with Crippen molar-refractivity contribution < 1.29 is 5.11 Å². The van der Waals surface area contributed by atoms with Crippen LogP contribution in [0.1, 0.15) is 31.7 Å².